The number of rotatable bonds is 4. The number of aliphatic hydroxyl groups is 2. The molecule has 1 aromatic rings. The normalized spacial score (nSPS) is 25.7. The van der Waals surface area contributed by atoms with Gasteiger partial charge in [0, 0.05) is 12.2 Å². The Morgan fingerprint density at radius 1 is 1.36 bits per heavy atom. The van der Waals surface area contributed by atoms with Gasteiger partial charge in [0.05, 0.1) is 17.5 Å². The van der Waals surface area contributed by atoms with Crippen molar-refractivity contribution in [2.45, 2.75) is 29.6 Å². The number of nitrogens with two attached hydrogens (primary N) is 1. The van der Waals surface area contributed by atoms with E-state index in [-0.39, 0.29) is 17.1 Å². The molecule has 1 saturated heterocycles. The molecule has 2 rings (SSSR count). The van der Waals surface area contributed by atoms with Crippen molar-refractivity contribution in [3.05, 3.63) is 29.8 Å². The first kappa shape index (κ1) is 16.8. The van der Waals surface area contributed by atoms with Gasteiger partial charge in [-0.05, 0) is 30.7 Å². The van der Waals surface area contributed by atoms with Gasteiger partial charge in [0.25, 0.3) is 5.91 Å². The number of carbonyl (C=O) groups is 1. The number of nitrogens with one attached hydrogen (secondary N) is 1. The molecule has 1 heterocycles. The van der Waals surface area contributed by atoms with Gasteiger partial charge in [0.2, 0.25) is 10.0 Å². The summed E-state index contributed by atoms with van der Waals surface area (Å²) in [6.07, 6.45) is -1.33. The summed E-state index contributed by atoms with van der Waals surface area (Å²) in [7, 11) is -3.81. The van der Waals surface area contributed by atoms with Crippen molar-refractivity contribution >= 4 is 15.9 Å². The molecule has 9 heteroatoms. The van der Waals surface area contributed by atoms with Crippen LogP contribution < -0.4 is 10.5 Å². The van der Waals surface area contributed by atoms with Crippen LogP contribution in [0.2, 0.25) is 0 Å². The Balaban J connectivity index is 2.06. The van der Waals surface area contributed by atoms with Crippen molar-refractivity contribution < 1.29 is 28.2 Å². The minimum absolute atomic E-state index is 0.0875. The lowest BCUT2D eigenvalue weighted by molar-refractivity contribution is -0.107. The summed E-state index contributed by atoms with van der Waals surface area (Å²) in [5.74, 6) is -0.455. The smallest absolute Gasteiger partial charge is 0.251 e. The molecule has 3 atom stereocenters. The molecule has 0 saturated carbocycles. The van der Waals surface area contributed by atoms with Crippen LogP contribution in [0.5, 0.6) is 0 Å². The van der Waals surface area contributed by atoms with Crippen LogP contribution in [0.15, 0.2) is 29.2 Å². The highest BCUT2D eigenvalue weighted by molar-refractivity contribution is 7.89. The van der Waals surface area contributed by atoms with E-state index in [1.165, 1.54) is 24.3 Å². The van der Waals surface area contributed by atoms with E-state index in [2.05, 4.69) is 5.32 Å². The zero-order valence-electron chi connectivity index (χ0n) is 11.7. The fourth-order valence-corrected chi connectivity index (χ4v) is 2.76. The third kappa shape index (κ3) is 3.81. The molecule has 0 aliphatic carbocycles. The molecule has 1 fully saturated rings. The summed E-state index contributed by atoms with van der Waals surface area (Å²) in [6.45, 7) is -0.0197. The van der Waals surface area contributed by atoms with E-state index in [1.807, 2.05) is 0 Å². The Hall–Kier alpha value is -1.52. The number of sulfonamides is 1. The molecule has 0 unspecified atom stereocenters. The lowest BCUT2D eigenvalue weighted by Gasteiger charge is -2.34. The number of hydrogen-bond donors (Lipinski definition) is 4. The van der Waals surface area contributed by atoms with E-state index in [0.29, 0.717) is 13.0 Å². The quantitative estimate of drug-likeness (QED) is 0.534. The van der Waals surface area contributed by atoms with Gasteiger partial charge in [-0.25, -0.2) is 13.6 Å². The summed E-state index contributed by atoms with van der Waals surface area (Å²) in [5.41, 5.74) is 0.242. The molecule has 8 nitrogen and oxygen atoms in total. The lowest BCUT2D eigenvalue weighted by Crippen LogP contribution is -2.54. The van der Waals surface area contributed by atoms with E-state index in [4.69, 9.17) is 15.0 Å². The van der Waals surface area contributed by atoms with E-state index >= 15 is 0 Å². The Bertz CT molecular complexity index is 630. The SMILES string of the molecule is NS(=O)(=O)c1ccc(C(=O)N[C@H]2CCO[C@H](CO)[C@H]2O)cc1. The maximum absolute atomic E-state index is 12.1. The fourth-order valence-electron chi connectivity index (χ4n) is 2.24. The second-order valence-electron chi connectivity index (χ2n) is 5.02. The first-order valence-corrected chi connectivity index (χ1v) is 8.22. The summed E-state index contributed by atoms with van der Waals surface area (Å²) >= 11 is 0. The number of aliphatic hydroxyl groups excluding tert-OH is 2. The predicted octanol–water partition coefficient (Wildman–Crippen LogP) is -1.43. The first-order chi connectivity index (χ1) is 10.3. The highest BCUT2D eigenvalue weighted by atomic mass is 32.2. The van der Waals surface area contributed by atoms with Crippen LogP contribution >= 0.6 is 0 Å². The van der Waals surface area contributed by atoms with Gasteiger partial charge in [-0.1, -0.05) is 0 Å². The average molecular weight is 330 g/mol. The molecular formula is C13H18N2O6S. The second kappa shape index (κ2) is 6.71. The maximum atomic E-state index is 12.1. The monoisotopic (exact) mass is 330 g/mol. The molecule has 0 bridgehead atoms. The van der Waals surface area contributed by atoms with Crippen molar-refractivity contribution in [3.63, 3.8) is 0 Å². The van der Waals surface area contributed by atoms with Gasteiger partial charge in [-0.2, -0.15) is 0 Å². The predicted molar refractivity (Wildman–Crippen MR) is 76.5 cm³/mol. The largest absolute Gasteiger partial charge is 0.394 e. The summed E-state index contributed by atoms with van der Waals surface area (Å²) in [5, 5.41) is 26.7. The van der Waals surface area contributed by atoms with Crippen molar-refractivity contribution in [1.82, 2.24) is 5.32 Å². The molecule has 1 aromatic carbocycles. The number of ether oxygens (including phenoxy) is 1. The number of hydrogen-bond acceptors (Lipinski definition) is 6. The van der Waals surface area contributed by atoms with Gasteiger partial charge < -0.3 is 20.3 Å². The van der Waals surface area contributed by atoms with Crippen LogP contribution in [0, 0.1) is 0 Å². The van der Waals surface area contributed by atoms with Crippen LogP contribution in [0.3, 0.4) is 0 Å². The van der Waals surface area contributed by atoms with Crippen LogP contribution in [0.25, 0.3) is 0 Å². The highest BCUT2D eigenvalue weighted by Crippen LogP contribution is 2.16. The molecule has 5 N–H and O–H groups in total. The first-order valence-electron chi connectivity index (χ1n) is 6.67. The summed E-state index contributed by atoms with van der Waals surface area (Å²) in [4.78, 5) is 12.0. The van der Waals surface area contributed by atoms with E-state index < -0.39 is 34.2 Å². The standard InChI is InChI=1S/C13H18N2O6S/c14-22(19,20)9-3-1-8(2-4-9)13(18)15-10-5-6-21-11(7-16)12(10)17/h1-4,10-12,16-17H,5-7H2,(H,15,18)(H2,14,19,20)/t10-,11+,12-/m0/s1. The van der Waals surface area contributed by atoms with Crippen molar-refractivity contribution in [2.24, 2.45) is 5.14 Å². The molecule has 0 spiro atoms. The average Bonchev–Trinajstić information content (AvgIpc) is 2.48. The number of benzene rings is 1. The van der Waals surface area contributed by atoms with Crippen molar-refractivity contribution in [2.75, 3.05) is 13.2 Å². The van der Waals surface area contributed by atoms with Crippen LogP contribution in [-0.4, -0.2) is 56.0 Å². The van der Waals surface area contributed by atoms with Gasteiger partial charge in [-0.15, -0.1) is 0 Å². The topological polar surface area (TPSA) is 139 Å². The number of amides is 1. The van der Waals surface area contributed by atoms with Crippen molar-refractivity contribution in [1.29, 1.82) is 0 Å². The summed E-state index contributed by atoms with van der Waals surface area (Å²) < 4.78 is 27.5. The Kier molecular flexibility index (Phi) is 5.14. The number of carbonyl (C=O) groups excluding carboxylic acids is 1. The van der Waals surface area contributed by atoms with Gasteiger partial charge >= 0.3 is 0 Å². The van der Waals surface area contributed by atoms with E-state index in [1.54, 1.807) is 0 Å². The Labute approximate surface area is 127 Å². The van der Waals surface area contributed by atoms with E-state index in [0.717, 1.165) is 0 Å². The molecule has 1 aliphatic rings. The van der Waals surface area contributed by atoms with Gasteiger partial charge in [0.1, 0.15) is 12.2 Å². The molecule has 22 heavy (non-hydrogen) atoms. The third-order valence-electron chi connectivity index (χ3n) is 3.50. The zero-order valence-corrected chi connectivity index (χ0v) is 12.5. The van der Waals surface area contributed by atoms with Crippen molar-refractivity contribution in [3.8, 4) is 0 Å². The molecule has 0 aromatic heterocycles. The van der Waals surface area contributed by atoms with Crippen LogP contribution in [-0.2, 0) is 14.8 Å². The Morgan fingerprint density at radius 3 is 2.55 bits per heavy atom. The van der Waals surface area contributed by atoms with Gasteiger partial charge in [0.15, 0.2) is 0 Å². The molecule has 1 aliphatic heterocycles. The highest BCUT2D eigenvalue weighted by Gasteiger charge is 2.33. The fraction of sp³-hybridized carbons (Fsp3) is 0.462. The minimum Gasteiger partial charge on any atom is -0.394 e. The van der Waals surface area contributed by atoms with Crippen LogP contribution in [0.1, 0.15) is 16.8 Å². The van der Waals surface area contributed by atoms with Gasteiger partial charge in [-0.3, -0.25) is 4.79 Å². The molecule has 0 radical (unpaired) electrons. The second-order valence-corrected chi connectivity index (χ2v) is 6.58. The van der Waals surface area contributed by atoms with E-state index in [9.17, 15) is 18.3 Å². The van der Waals surface area contributed by atoms with Crippen LogP contribution in [0.4, 0.5) is 0 Å². The summed E-state index contributed by atoms with van der Waals surface area (Å²) in [6, 6.07) is 4.60. The molecule has 122 valence electrons. The Morgan fingerprint density at radius 2 is 2.00 bits per heavy atom. The minimum atomic E-state index is -3.81. The maximum Gasteiger partial charge on any atom is 0.251 e. The number of primary sulfonamides is 1. The third-order valence-corrected chi connectivity index (χ3v) is 4.42. The molecular weight excluding hydrogens is 312 g/mol. The lowest BCUT2D eigenvalue weighted by atomic mass is 9.99. The molecule has 1 amide bonds. The zero-order chi connectivity index (χ0) is 16.3.